The normalized spacial score (nSPS) is 25.8. The highest BCUT2D eigenvalue weighted by atomic mass is 16.3. The lowest BCUT2D eigenvalue weighted by atomic mass is 9.79. The zero-order valence-corrected chi connectivity index (χ0v) is 17.5. The third-order valence-corrected chi connectivity index (χ3v) is 8.03. The fraction of sp³-hybridized carbons (Fsp3) is 0.407. The van der Waals surface area contributed by atoms with Gasteiger partial charge in [0.25, 0.3) is 0 Å². The van der Waals surface area contributed by atoms with Gasteiger partial charge in [-0.1, -0.05) is 54.6 Å². The molecule has 154 valence electrons. The number of hydrogen-bond donors (Lipinski definition) is 1. The molecule has 0 saturated carbocycles. The average molecular weight is 399 g/mol. The van der Waals surface area contributed by atoms with Gasteiger partial charge in [-0.15, -0.1) is 0 Å². The van der Waals surface area contributed by atoms with E-state index in [0.29, 0.717) is 6.04 Å². The predicted molar refractivity (Wildman–Crippen MR) is 123 cm³/mol. The number of anilines is 1. The number of aryl methyl sites for hydroxylation is 1. The van der Waals surface area contributed by atoms with Crippen LogP contribution in [0.3, 0.4) is 0 Å². The molecule has 30 heavy (non-hydrogen) atoms. The van der Waals surface area contributed by atoms with Crippen molar-refractivity contribution in [3.63, 3.8) is 0 Å². The highest BCUT2D eigenvalue weighted by Crippen LogP contribution is 2.45. The highest BCUT2D eigenvalue weighted by Gasteiger charge is 2.50. The topological polar surface area (TPSA) is 26.7 Å². The average Bonchev–Trinajstić information content (AvgIpc) is 3.11. The standard InChI is InChI=1S/C27H30N2O/c30-25-14-17-29(22-9-2-1-3-10-22)27(25)15-18-28(19-16-27)24-13-12-21-7-4-6-20-8-5-11-23(24)26(20)21/h1-11,24-25,30H,12-19H2. The number of nitrogens with zero attached hydrogens (tertiary/aromatic N) is 2. The molecule has 0 radical (unpaired) electrons. The summed E-state index contributed by atoms with van der Waals surface area (Å²) in [6.07, 6.45) is 5.10. The van der Waals surface area contributed by atoms with Crippen LogP contribution in [0.5, 0.6) is 0 Å². The summed E-state index contributed by atoms with van der Waals surface area (Å²) in [5.74, 6) is 0. The Bertz CT molecular complexity index is 1050. The molecule has 3 nitrogen and oxygen atoms in total. The van der Waals surface area contributed by atoms with Gasteiger partial charge < -0.3 is 10.0 Å². The zero-order valence-electron chi connectivity index (χ0n) is 17.5. The molecule has 2 fully saturated rings. The first-order valence-corrected chi connectivity index (χ1v) is 11.5. The van der Waals surface area contributed by atoms with Gasteiger partial charge in [0.1, 0.15) is 0 Å². The summed E-state index contributed by atoms with van der Waals surface area (Å²) < 4.78 is 0. The molecule has 2 unspecified atom stereocenters. The molecule has 1 aliphatic carbocycles. The number of aliphatic hydroxyl groups is 1. The molecular weight excluding hydrogens is 368 g/mol. The first kappa shape index (κ1) is 18.4. The summed E-state index contributed by atoms with van der Waals surface area (Å²) in [7, 11) is 0. The maximum absolute atomic E-state index is 11.0. The highest BCUT2D eigenvalue weighted by molar-refractivity contribution is 5.90. The van der Waals surface area contributed by atoms with Crippen LogP contribution in [0, 0.1) is 0 Å². The van der Waals surface area contributed by atoms with Crippen LogP contribution in [0.15, 0.2) is 66.7 Å². The molecule has 3 heteroatoms. The van der Waals surface area contributed by atoms with Crippen molar-refractivity contribution in [1.29, 1.82) is 0 Å². The molecule has 3 aromatic carbocycles. The lowest BCUT2D eigenvalue weighted by Gasteiger charge is -2.49. The fourth-order valence-corrected chi connectivity index (χ4v) is 6.51. The van der Waals surface area contributed by atoms with Gasteiger partial charge in [-0.2, -0.15) is 0 Å². The van der Waals surface area contributed by atoms with E-state index in [4.69, 9.17) is 0 Å². The number of benzene rings is 3. The van der Waals surface area contributed by atoms with E-state index in [1.54, 1.807) is 0 Å². The molecule has 1 spiro atoms. The Balaban J connectivity index is 1.28. The van der Waals surface area contributed by atoms with Gasteiger partial charge in [-0.3, -0.25) is 4.90 Å². The molecule has 3 aromatic rings. The van der Waals surface area contributed by atoms with E-state index in [0.717, 1.165) is 38.9 Å². The summed E-state index contributed by atoms with van der Waals surface area (Å²) in [6.45, 7) is 3.08. The minimum Gasteiger partial charge on any atom is -0.391 e. The predicted octanol–water partition coefficient (Wildman–Crippen LogP) is 4.93. The quantitative estimate of drug-likeness (QED) is 0.663. The van der Waals surface area contributed by atoms with Gasteiger partial charge in [-0.25, -0.2) is 0 Å². The molecule has 2 aliphatic heterocycles. The largest absolute Gasteiger partial charge is 0.391 e. The minimum absolute atomic E-state index is 0.101. The van der Waals surface area contributed by atoms with Crippen LogP contribution in [0.25, 0.3) is 10.8 Å². The Morgan fingerprint density at radius 1 is 0.800 bits per heavy atom. The van der Waals surface area contributed by atoms with Crippen LogP contribution in [-0.4, -0.2) is 41.3 Å². The van der Waals surface area contributed by atoms with Crippen molar-refractivity contribution >= 4 is 16.5 Å². The van der Waals surface area contributed by atoms with E-state index < -0.39 is 0 Å². The van der Waals surface area contributed by atoms with Crippen LogP contribution in [0.4, 0.5) is 5.69 Å². The number of hydrogen-bond acceptors (Lipinski definition) is 3. The van der Waals surface area contributed by atoms with E-state index in [-0.39, 0.29) is 11.6 Å². The summed E-state index contributed by atoms with van der Waals surface area (Å²) in [6, 6.07) is 24.8. The molecule has 2 heterocycles. The van der Waals surface area contributed by atoms with Gasteiger partial charge in [0.2, 0.25) is 0 Å². The third kappa shape index (κ3) is 2.72. The summed E-state index contributed by atoms with van der Waals surface area (Å²) in [5, 5.41) is 13.9. The summed E-state index contributed by atoms with van der Waals surface area (Å²) >= 11 is 0. The van der Waals surface area contributed by atoms with E-state index in [9.17, 15) is 5.11 Å². The molecule has 0 bridgehead atoms. The SMILES string of the molecule is OC1CCN(c2ccccc2)C12CCN(C1CCc3cccc4cccc1c34)CC2. The maximum atomic E-state index is 11.0. The Labute approximate surface area is 178 Å². The van der Waals surface area contributed by atoms with Gasteiger partial charge >= 0.3 is 0 Å². The van der Waals surface area contributed by atoms with Crippen molar-refractivity contribution in [3.8, 4) is 0 Å². The van der Waals surface area contributed by atoms with Crippen LogP contribution in [-0.2, 0) is 6.42 Å². The van der Waals surface area contributed by atoms with Gasteiger partial charge in [-0.05, 0) is 66.1 Å². The number of aliphatic hydroxyl groups excluding tert-OH is 1. The van der Waals surface area contributed by atoms with Gasteiger partial charge in [0, 0.05) is 31.4 Å². The first-order chi connectivity index (χ1) is 14.8. The second-order valence-corrected chi connectivity index (χ2v) is 9.35. The Morgan fingerprint density at radius 2 is 1.57 bits per heavy atom. The van der Waals surface area contributed by atoms with E-state index in [1.807, 2.05) is 0 Å². The number of para-hydroxylation sites is 1. The smallest absolute Gasteiger partial charge is 0.0789 e. The van der Waals surface area contributed by atoms with Crippen LogP contribution in [0.2, 0.25) is 0 Å². The third-order valence-electron chi connectivity index (χ3n) is 8.03. The molecule has 0 amide bonds. The number of piperidine rings is 1. The van der Waals surface area contributed by atoms with Crippen LogP contribution < -0.4 is 4.90 Å². The van der Waals surface area contributed by atoms with E-state index in [1.165, 1.54) is 40.4 Å². The zero-order chi connectivity index (χ0) is 20.1. The van der Waals surface area contributed by atoms with E-state index >= 15 is 0 Å². The number of rotatable bonds is 2. The molecular formula is C27H30N2O. The van der Waals surface area contributed by atoms with Crippen molar-refractivity contribution in [1.82, 2.24) is 4.90 Å². The fourth-order valence-electron chi connectivity index (χ4n) is 6.51. The van der Waals surface area contributed by atoms with Gasteiger partial charge in [0.05, 0.1) is 11.6 Å². The molecule has 2 saturated heterocycles. The van der Waals surface area contributed by atoms with Crippen LogP contribution in [0.1, 0.15) is 42.9 Å². The molecule has 3 aliphatic rings. The molecule has 0 aromatic heterocycles. The Kier molecular flexibility index (Phi) is 4.36. The lowest BCUT2D eigenvalue weighted by Crippen LogP contribution is -2.57. The Hall–Kier alpha value is -2.36. The molecule has 2 atom stereocenters. The van der Waals surface area contributed by atoms with Crippen molar-refractivity contribution in [2.45, 2.75) is 49.8 Å². The molecule has 6 rings (SSSR count). The second kappa shape index (κ2) is 7.11. The Morgan fingerprint density at radius 3 is 2.37 bits per heavy atom. The van der Waals surface area contributed by atoms with Crippen molar-refractivity contribution in [2.75, 3.05) is 24.5 Å². The monoisotopic (exact) mass is 398 g/mol. The lowest BCUT2D eigenvalue weighted by molar-refractivity contribution is 0.0394. The van der Waals surface area contributed by atoms with Crippen molar-refractivity contribution in [3.05, 3.63) is 77.9 Å². The summed E-state index contributed by atoms with van der Waals surface area (Å²) in [5.41, 5.74) is 4.18. The first-order valence-electron chi connectivity index (χ1n) is 11.5. The minimum atomic E-state index is -0.227. The number of likely N-dealkylation sites (tertiary alicyclic amines) is 1. The molecule has 1 N–H and O–H groups in total. The van der Waals surface area contributed by atoms with Gasteiger partial charge in [0.15, 0.2) is 0 Å². The van der Waals surface area contributed by atoms with Crippen molar-refractivity contribution < 1.29 is 5.11 Å². The van der Waals surface area contributed by atoms with Crippen LogP contribution >= 0.6 is 0 Å². The van der Waals surface area contributed by atoms with E-state index in [2.05, 4.69) is 76.5 Å². The summed E-state index contributed by atoms with van der Waals surface area (Å²) in [4.78, 5) is 5.20. The second-order valence-electron chi connectivity index (χ2n) is 9.35. The van der Waals surface area contributed by atoms with Crippen molar-refractivity contribution in [2.24, 2.45) is 0 Å². The maximum Gasteiger partial charge on any atom is 0.0789 e.